The van der Waals surface area contributed by atoms with Crippen molar-refractivity contribution in [3.05, 3.63) is 35.6 Å². The third kappa shape index (κ3) is 3.93. The van der Waals surface area contributed by atoms with Crippen molar-refractivity contribution >= 4 is 14.6 Å². The molecule has 0 bridgehead atoms. The fourth-order valence-electron chi connectivity index (χ4n) is 3.67. The number of rotatable bonds is 3. The zero-order chi connectivity index (χ0) is 18.3. The number of allylic oxidation sites excluding steroid dienone is 4. The Morgan fingerprint density at radius 2 is 1.92 bits per heavy atom. The van der Waals surface area contributed by atoms with Crippen molar-refractivity contribution in [3.8, 4) is 0 Å². The molecule has 0 aromatic carbocycles. The second-order valence-corrected chi connectivity index (χ2v) is 14.7. The Hall–Kier alpha value is -1.09. The molecule has 0 radical (unpaired) electrons. The van der Waals surface area contributed by atoms with E-state index >= 15 is 0 Å². The van der Waals surface area contributed by atoms with Gasteiger partial charge in [-0.3, -0.25) is 4.79 Å². The standard InChI is InChI=1S/C21H34O2Si/c1-15-9-18(14-23-24(7,8)20(2,3)4)17(13-22)10-16-11-21(5,6)12-19(15)16/h10,13-14,16,19H,1,9,11-12H2,2-8H3/b18-14+/t16-,19-/m1/s1. The van der Waals surface area contributed by atoms with E-state index in [0.29, 0.717) is 17.3 Å². The monoisotopic (exact) mass is 346 g/mol. The van der Waals surface area contributed by atoms with Crippen LogP contribution in [0.5, 0.6) is 0 Å². The van der Waals surface area contributed by atoms with E-state index in [-0.39, 0.29) is 5.04 Å². The summed E-state index contributed by atoms with van der Waals surface area (Å²) in [7, 11) is -1.87. The topological polar surface area (TPSA) is 26.3 Å². The summed E-state index contributed by atoms with van der Waals surface area (Å²) < 4.78 is 6.27. The molecule has 2 nitrogen and oxygen atoms in total. The Balaban J connectivity index is 2.30. The van der Waals surface area contributed by atoms with Crippen molar-refractivity contribution in [1.82, 2.24) is 0 Å². The van der Waals surface area contributed by atoms with Gasteiger partial charge in [0.15, 0.2) is 0 Å². The third-order valence-electron chi connectivity index (χ3n) is 6.21. The first-order valence-electron chi connectivity index (χ1n) is 9.08. The number of carbonyl (C=O) groups excluding carboxylic acids is 1. The quantitative estimate of drug-likeness (QED) is 0.270. The summed E-state index contributed by atoms with van der Waals surface area (Å²) in [4.78, 5) is 11.7. The number of hydrogen-bond donors (Lipinski definition) is 0. The lowest BCUT2D eigenvalue weighted by molar-refractivity contribution is -0.104. The minimum Gasteiger partial charge on any atom is -0.549 e. The maximum atomic E-state index is 11.7. The van der Waals surface area contributed by atoms with Crippen LogP contribution in [0.4, 0.5) is 0 Å². The average molecular weight is 347 g/mol. The summed E-state index contributed by atoms with van der Waals surface area (Å²) in [5, 5.41) is 0.150. The highest BCUT2D eigenvalue weighted by Gasteiger charge is 2.41. The van der Waals surface area contributed by atoms with Crippen molar-refractivity contribution < 1.29 is 9.22 Å². The van der Waals surface area contributed by atoms with Gasteiger partial charge in [0, 0.05) is 5.57 Å². The Bertz CT molecular complexity index is 587. The van der Waals surface area contributed by atoms with Gasteiger partial charge in [0.1, 0.15) is 6.29 Å². The number of carbonyl (C=O) groups is 1. The van der Waals surface area contributed by atoms with Crippen LogP contribution in [0.15, 0.2) is 35.6 Å². The van der Waals surface area contributed by atoms with Crippen LogP contribution >= 0.6 is 0 Å². The lowest BCUT2D eigenvalue weighted by Crippen LogP contribution is -2.39. The van der Waals surface area contributed by atoms with Crippen molar-refractivity contribution in [2.75, 3.05) is 0 Å². The average Bonchev–Trinajstić information content (AvgIpc) is 2.68. The predicted octanol–water partition coefficient (Wildman–Crippen LogP) is 6.03. The molecule has 24 heavy (non-hydrogen) atoms. The zero-order valence-corrected chi connectivity index (χ0v) is 17.5. The van der Waals surface area contributed by atoms with Gasteiger partial charge in [-0.2, -0.15) is 0 Å². The lowest BCUT2D eigenvalue weighted by Gasteiger charge is -2.35. The van der Waals surface area contributed by atoms with Crippen molar-refractivity contribution in [2.45, 2.75) is 72.0 Å². The summed E-state index contributed by atoms with van der Waals surface area (Å²) in [6.45, 7) is 20.2. The number of aldehydes is 1. The molecule has 0 unspecified atom stereocenters. The highest BCUT2D eigenvalue weighted by molar-refractivity contribution is 6.74. The molecular formula is C21H34O2Si. The molecule has 0 amide bonds. The molecule has 2 aliphatic carbocycles. The van der Waals surface area contributed by atoms with Crippen LogP contribution in [-0.4, -0.2) is 14.6 Å². The fraction of sp³-hybridized carbons (Fsp3) is 0.667. The van der Waals surface area contributed by atoms with E-state index in [0.717, 1.165) is 36.7 Å². The summed E-state index contributed by atoms with van der Waals surface area (Å²) >= 11 is 0. The van der Waals surface area contributed by atoms with Crippen molar-refractivity contribution in [2.24, 2.45) is 17.3 Å². The fourth-order valence-corrected chi connectivity index (χ4v) is 4.46. The first-order valence-corrected chi connectivity index (χ1v) is 12.0. The van der Waals surface area contributed by atoms with E-state index in [4.69, 9.17) is 4.43 Å². The molecule has 0 saturated heterocycles. The van der Waals surface area contributed by atoms with Crippen LogP contribution in [0.3, 0.4) is 0 Å². The SMILES string of the molecule is C=C1C/C(=C\O[Si](C)(C)C(C)(C)C)C(C=O)=C[C@@H]2CC(C)(C)C[C@H]12. The second kappa shape index (κ2) is 6.33. The van der Waals surface area contributed by atoms with Gasteiger partial charge in [-0.25, -0.2) is 0 Å². The molecule has 0 heterocycles. The van der Waals surface area contributed by atoms with E-state index in [1.54, 1.807) is 0 Å². The minimum absolute atomic E-state index is 0.150. The number of fused-ring (bicyclic) bond motifs is 1. The van der Waals surface area contributed by atoms with Crippen molar-refractivity contribution in [3.63, 3.8) is 0 Å². The van der Waals surface area contributed by atoms with E-state index in [2.05, 4.69) is 60.4 Å². The Labute approximate surface area is 149 Å². The smallest absolute Gasteiger partial charge is 0.249 e. The minimum atomic E-state index is -1.87. The summed E-state index contributed by atoms with van der Waals surface area (Å²) in [5.74, 6) is 0.931. The molecule has 2 atom stereocenters. The molecule has 3 heteroatoms. The van der Waals surface area contributed by atoms with Crippen LogP contribution < -0.4 is 0 Å². The van der Waals surface area contributed by atoms with Gasteiger partial charge in [-0.15, -0.1) is 0 Å². The second-order valence-electron chi connectivity index (χ2n) is 9.94. The van der Waals surface area contributed by atoms with Gasteiger partial charge < -0.3 is 4.43 Å². The Kier molecular flexibility index (Phi) is 5.07. The lowest BCUT2D eigenvalue weighted by atomic mass is 9.87. The van der Waals surface area contributed by atoms with E-state index in [1.165, 1.54) is 5.57 Å². The van der Waals surface area contributed by atoms with E-state index in [1.807, 2.05) is 6.26 Å². The van der Waals surface area contributed by atoms with Gasteiger partial charge in [0.05, 0.1) is 6.26 Å². The van der Waals surface area contributed by atoms with E-state index < -0.39 is 8.32 Å². The molecule has 2 aliphatic rings. The van der Waals surface area contributed by atoms with Crippen LogP contribution in [0, 0.1) is 17.3 Å². The van der Waals surface area contributed by atoms with Crippen LogP contribution in [-0.2, 0) is 9.22 Å². The van der Waals surface area contributed by atoms with Crippen LogP contribution in [0.2, 0.25) is 18.1 Å². The van der Waals surface area contributed by atoms with E-state index in [9.17, 15) is 4.79 Å². The van der Waals surface area contributed by atoms with Gasteiger partial charge in [0.2, 0.25) is 8.32 Å². The molecule has 0 aliphatic heterocycles. The highest BCUT2D eigenvalue weighted by atomic mass is 28.4. The zero-order valence-electron chi connectivity index (χ0n) is 16.5. The van der Waals surface area contributed by atoms with Crippen molar-refractivity contribution in [1.29, 1.82) is 0 Å². The summed E-state index contributed by atoms with van der Waals surface area (Å²) in [6, 6.07) is 0. The molecule has 0 spiro atoms. The normalized spacial score (nSPS) is 29.0. The Morgan fingerprint density at radius 3 is 2.46 bits per heavy atom. The van der Waals surface area contributed by atoms with Gasteiger partial charge in [-0.1, -0.05) is 52.8 Å². The number of hydrogen-bond acceptors (Lipinski definition) is 2. The van der Waals surface area contributed by atoms with Crippen LogP contribution in [0.25, 0.3) is 0 Å². The van der Waals surface area contributed by atoms with Gasteiger partial charge in [-0.05, 0) is 60.2 Å². The summed E-state index contributed by atoms with van der Waals surface area (Å²) in [6.07, 6.45) is 8.11. The maximum Gasteiger partial charge on any atom is 0.249 e. The third-order valence-corrected chi connectivity index (χ3v) is 10.5. The molecule has 2 rings (SSSR count). The van der Waals surface area contributed by atoms with Gasteiger partial charge >= 0.3 is 0 Å². The molecule has 1 saturated carbocycles. The predicted molar refractivity (Wildman–Crippen MR) is 104 cm³/mol. The molecule has 0 N–H and O–H groups in total. The maximum absolute atomic E-state index is 11.7. The summed E-state index contributed by atoms with van der Waals surface area (Å²) in [5.41, 5.74) is 3.40. The molecular weight excluding hydrogens is 312 g/mol. The largest absolute Gasteiger partial charge is 0.549 e. The van der Waals surface area contributed by atoms with Crippen LogP contribution in [0.1, 0.15) is 53.9 Å². The first-order chi connectivity index (χ1) is 10.9. The molecule has 0 aromatic rings. The first kappa shape index (κ1) is 19.2. The molecule has 0 aromatic heterocycles. The highest BCUT2D eigenvalue weighted by Crippen LogP contribution is 2.51. The molecule has 134 valence electrons. The molecule has 1 fully saturated rings. The Morgan fingerprint density at radius 1 is 1.29 bits per heavy atom. The van der Waals surface area contributed by atoms with Gasteiger partial charge in [0.25, 0.3) is 0 Å².